The second-order valence-electron chi connectivity index (χ2n) is 7.77. The monoisotopic (exact) mass is 402 g/mol. The third-order valence-electron chi connectivity index (χ3n) is 5.28. The highest BCUT2D eigenvalue weighted by Gasteiger charge is 2.31. The summed E-state index contributed by atoms with van der Waals surface area (Å²) in [4.78, 5) is 28.1. The number of morpholine rings is 1. The van der Waals surface area contributed by atoms with Gasteiger partial charge in [0.1, 0.15) is 11.6 Å². The molecule has 0 amide bonds. The van der Waals surface area contributed by atoms with Crippen molar-refractivity contribution < 1.29 is 9.47 Å². The van der Waals surface area contributed by atoms with Crippen molar-refractivity contribution in [2.45, 2.75) is 26.4 Å². The topological polar surface area (TPSA) is 91.7 Å². The molecule has 2 heterocycles. The molecule has 0 unspecified atom stereocenters. The minimum Gasteiger partial charge on any atom is -0.497 e. The van der Waals surface area contributed by atoms with E-state index in [9.17, 15) is 9.59 Å². The van der Waals surface area contributed by atoms with Crippen molar-refractivity contribution in [3.8, 4) is 5.75 Å². The maximum atomic E-state index is 13.2. The average molecular weight is 402 g/mol. The maximum Gasteiger partial charge on any atom is 0.332 e. The van der Waals surface area contributed by atoms with Gasteiger partial charge in [0.15, 0.2) is 0 Å². The molecule has 1 fully saturated rings. The lowest BCUT2D eigenvalue weighted by Gasteiger charge is -2.35. The van der Waals surface area contributed by atoms with Crippen LogP contribution in [0.4, 0.5) is 5.82 Å². The lowest BCUT2D eigenvalue weighted by molar-refractivity contribution is 0.0236. The van der Waals surface area contributed by atoms with Gasteiger partial charge in [-0.05, 0) is 23.6 Å². The molecule has 0 saturated carbocycles. The van der Waals surface area contributed by atoms with Crippen LogP contribution in [0.25, 0.3) is 0 Å². The summed E-state index contributed by atoms with van der Waals surface area (Å²) in [7, 11) is 3.12. The molecule has 0 aliphatic carbocycles. The highest BCUT2D eigenvalue weighted by molar-refractivity contribution is 5.46. The Labute approximate surface area is 170 Å². The first-order chi connectivity index (χ1) is 13.8. The highest BCUT2D eigenvalue weighted by Crippen LogP contribution is 2.31. The number of methoxy groups -OCH3 is 1. The molecule has 1 saturated heterocycles. The fourth-order valence-electron chi connectivity index (χ4n) is 3.79. The van der Waals surface area contributed by atoms with E-state index in [-0.39, 0.29) is 29.0 Å². The number of rotatable bonds is 6. The minimum absolute atomic E-state index is 0.211. The van der Waals surface area contributed by atoms with Gasteiger partial charge in [0, 0.05) is 26.7 Å². The molecule has 1 aliphatic rings. The number of hydrogen-bond acceptors (Lipinski definition) is 6. The van der Waals surface area contributed by atoms with Gasteiger partial charge in [0.05, 0.1) is 31.9 Å². The van der Waals surface area contributed by atoms with Crippen molar-refractivity contribution >= 4 is 5.82 Å². The van der Waals surface area contributed by atoms with E-state index in [4.69, 9.17) is 15.2 Å². The summed E-state index contributed by atoms with van der Waals surface area (Å²) in [5, 5.41) is 0. The molecule has 1 atom stereocenters. The molecule has 1 aliphatic heterocycles. The van der Waals surface area contributed by atoms with Crippen molar-refractivity contribution in [1.29, 1.82) is 0 Å². The summed E-state index contributed by atoms with van der Waals surface area (Å²) < 4.78 is 13.5. The Morgan fingerprint density at radius 1 is 1.14 bits per heavy atom. The number of aromatic nitrogens is 2. The lowest BCUT2D eigenvalue weighted by atomic mass is 9.97. The van der Waals surface area contributed by atoms with Gasteiger partial charge in [-0.1, -0.05) is 26.0 Å². The standard InChI is InChI=1S/C21H30N4O4/c1-14(2)13-25-19(22)17(20(26)23(3)21(25)27)18(24-9-11-29-12-10-24)15-5-7-16(28-4)8-6-15/h5-8,14,18H,9-13,22H2,1-4H3/t18-/m0/s1. The molecule has 3 rings (SSSR count). The van der Waals surface area contributed by atoms with Crippen molar-refractivity contribution in [1.82, 2.24) is 14.0 Å². The van der Waals surface area contributed by atoms with Gasteiger partial charge < -0.3 is 15.2 Å². The number of nitrogens with zero attached hydrogens (tertiary/aromatic N) is 3. The normalized spacial score (nSPS) is 16.2. The molecule has 0 radical (unpaired) electrons. The van der Waals surface area contributed by atoms with E-state index in [1.165, 1.54) is 11.6 Å². The van der Waals surface area contributed by atoms with E-state index in [0.717, 1.165) is 15.9 Å². The van der Waals surface area contributed by atoms with E-state index in [1.54, 1.807) is 7.11 Å². The summed E-state index contributed by atoms with van der Waals surface area (Å²) in [5.74, 6) is 1.18. The zero-order chi connectivity index (χ0) is 21.1. The predicted molar refractivity (Wildman–Crippen MR) is 112 cm³/mol. The number of benzene rings is 1. The Morgan fingerprint density at radius 3 is 2.31 bits per heavy atom. The van der Waals surface area contributed by atoms with Gasteiger partial charge in [-0.2, -0.15) is 0 Å². The van der Waals surface area contributed by atoms with Crippen LogP contribution < -0.4 is 21.7 Å². The third kappa shape index (κ3) is 4.23. The molecule has 1 aromatic heterocycles. The fraction of sp³-hybridized carbons (Fsp3) is 0.524. The minimum atomic E-state index is -0.389. The number of hydrogen-bond donors (Lipinski definition) is 1. The van der Waals surface area contributed by atoms with Crippen LogP contribution in [0.1, 0.15) is 31.0 Å². The zero-order valence-electron chi connectivity index (χ0n) is 17.6. The summed E-state index contributed by atoms with van der Waals surface area (Å²) in [6, 6.07) is 7.25. The van der Waals surface area contributed by atoms with Gasteiger partial charge in [-0.15, -0.1) is 0 Å². The largest absolute Gasteiger partial charge is 0.497 e. The summed E-state index contributed by atoms with van der Waals surface area (Å²) in [6.07, 6.45) is 0. The van der Waals surface area contributed by atoms with Crippen LogP contribution in [-0.2, 0) is 18.3 Å². The molecule has 29 heavy (non-hydrogen) atoms. The molecule has 8 nitrogen and oxygen atoms in total. The first-order valence-corrected chi connectivity index (χ1v) is 9.90. The molecule has 0 spiro atoms. The zero-order valence-corrected chi connectivity index (χ0v) is 17.6. The van der Waals surface area contributed by atoms with Gasteiger partial charge in [-0.3, -0.25) is 18.8 Å². The van der Waals surface area contributed by atoms with E-state index >= 15 is 0 Å². The fourth-order valence-corrected chi connectivity index (χ4v) is 3.79. The Hall–Kier alpha value is -2.58. The molecule has 158 valence electrons. The van der Waals surface area contributed by atoms with E-state index in [0.29, 0.717) is 38.4 Å². The lowest BCUT2D eigenvalue weighted by Crippen LogP contribution is -2.47. The summed E-state index contributed by atoms with van der Waals surface area (Å²) >= 11 is 0. The van der Waals surface area contributed by atoms with Gasteiger partial charge in [0.2, 0.25) is 0 Å². The molecule has 1 aromatic carbocycles. The second-order valence-corrected chi connectivity index (χ2v) is 7.77. The van der Waals surface area contributed by atoms with Gasteiger partial charge >= 0.3 is 5.69 Å². The van der Waals surface area contributed by atoms with Gasteiger partial charge in [-0.25, -0.2) is 4.79 Å². The van der Waals surface area contributed by atoms with Crippen molar-refractivity contribution in [3.63, 3.8) is 0 Å². The van der Waals surface area contributed by atoms with Crippen LogP contribution in [0.3, 0.4) is 0 Å². The number of nitrogen functional groups attached to an aromatic ring is 1. The Kier molecular flexibility index (Phi) is 6.44. The first kappa shape index (κ1) is 21.1. The number of ether oxygens (including phenoxy) is 2. The van der Waals surface area contributed by atoms with E-state index < -0.39 is 0 Å². The maximum absolute atomic E-state index is 13.2. The molecule has 2 aromatic rings. The number of anilines is 1. The highest BCUT2D eigenvalue weighted by atomic mass is 16.5. The summed E-state index contributed by atoms with van der Waals surface area (Å²) in [5.41, 5.74) is 7.07. The predicted octanol–water partition coefficient (Wildman–Crippen LogP) is 1.22. The van der Waals surface area contributed by atoms with Crippen LogP contribution in [-0.4, -0.2) is 47.4 Å². The molecular weight excluding hydrogens is 372 g/mol. The molecule has 2 N–H and O–H groups in total. The molecular formula is C21H30N4O4. The number of nitrogens with two attached hydrogens (primary N) is 1. The Morgan fingerprint density at radius 2 is 1.76 bits per heavy atom. The van der Waals surface area contributed by atoms with E-state index in [1.807, 2.05) is 38.1 Å². The average Bonchev–Trinajstić information content (AvgIpc) is 2.73. The van der Waals surface area contributed by atoms with Crippen LogP contribution in [0.5, 0.6) is 5.75 Å². The second kappa shape index (κ2) is 8.84. The first-order valence-electron chi connectivity index (χ1n) is 9.90. The Bertz CT molecular complexity index is 956. The van der Waals surface area contributed by atoms with Crippen molar-refractivity contribution in [2.75, 3.05) is 39.1 Å². The third-order valence-corrected chi connectivity index (χ3v) is 5.28. The van der Waals surface area contributed by atoms with Crippen LogP contribution in [0, 0.1) is 5.92 Å². The SMILES string of the molecule is COc1ccc([C@@H](c2c(N)n(CC(C)C)c(=O)n(C)c2=O)N2CCOCC2)cc1. The van der Waals surface area contributed by atoms with Crippen LogP contribution in [0.2, 0.25) is 0 Å². The summed E-state index contributed by atoms with van der Waals surface area (Å²) in [6.45, 7) is 6.98. The van der Waals surface area contributed by atoms with Crippen molar-refractivity contribution in [3.05, 3.63) is 56.2 Å². The molecule has 0 bridgehead atoms. The Balaban J connectivity index is 2.22. The molecule has 8 heteroatoms. The smallest absolute Gasteiger partial charge is 0.332 e. The van der Waals surface area contributed by atoms with Crippen LogP contribution >= 0.6 is 0 Å². The van der Waals surface area contributed by atoms with Crippen LogP contribution in [0.15, 0.2) is 33.9 Å². The van der Waals surface area contributed by atoms with Gasteiger partial charge in [0.25, 0.3) is 5.56 Å². The van der Waals surface area contributed by atoms with E-state index in [2.05, 4.69) is 4.90 Å². The van der Waals surface area contributed by atoms with Crippen molar-refractivity contribution in [2.24, 2.45) is 13.0 Å². The quantitative estimate of drug-likeness (QED) is 0.781.